The van der Waals surface area contributed by atoms with Gasteiger partial charge in [0.1, 0.15) is 17.8 Å². The van der Waals surface area contributed by atoms with Crippen LogP contribution in [0.4, 0.5) is 0 Å². The van der Waals surface area contributed by atoms with E-state index in [0.717, 1.165) is 19.3 Å². The van der Waals surface area contributed by atoms with Crippen molar-refractivity contribution in [2.45, 2.75) is 97.6 Å². The SMILES string of the molecule is CC(=O)O[C@@H]1[C@@H]2C(C)(C)C(=O)C=C[C@@]2(C)[C@@H]2CC[C@@]3(C)[C@H](c4ccoc4)C[C@H]4O[C@]43[C@@]2(C)[C@@H]1OC(C)=O. The maximum absolute atomic E-state index is 13.2. The third kappa shape index (κ3) is 2.79. The highest BCUT2D eigenvalue weighted by Gasteiger charge is 2.88. The van der Waals surface area contributed by atoms with Crippen molar-refractivity contribution in [1.29, 1.82) is 0 Å². The number of epoxide rings is 1. The minimum atomic E-state index is -0.805. The summed E-state index contributed by atoms with van der Waals surface area (Å²) in [5, 5.41) is 0. The highest BCUT2D eigenvalue weighted by Crippen LogP contribution is 2.82. The highest BCUT2D eigenvalue weighted by molar-refractivity contribution is 5.96. The smallest absolute Gasteiger partial charge is 0.303 e. The fourth-order valence-electron chi connectivity index (χ4n) is 10.2. The monoisotopic (exact) mass is 510 g/mol. The Morgan fingerprint density at radius 3 is 2.38 bits per heavy atom. The molecule has 6 rings (SSSR count). The van der Waals surface area contributed by atoms with Crippen LogP contribution in [0.2, 0.25) is 0 Å². The van der Waals surface area contributed by atoms with Gasteiger partial charge in [0.05, 0.1) is 18.6 Å². The molecule has 1 saturated heterocycles. The third-order valence-electron chi connectivity index (χ3n) is 11.5. The molecular formula is C30H38O7. The molecule has 0 N–H and O–H groups in total. The van der Waals surface area contributed by atoms with Gasteiger partial charge >= 0.3 is 11.9 Å². The summed E-state index contributed by atoms with van der Waals surface area (Å²) in [6.07, 6.45) is 8.48. The average molecular weight is 511 g/mol. The molecule has 0 radical (unpaired) electrons. The Kier molecular flexibility index (Phi) is 4.96. The molecule has 4 fully saturated rings. The molecule has 7 heteroatoms. The highest BCUT2D eigenvalue weighted by atomic mass is 16.6. The molecule has 0 unspecified atom stereocenters. The van der Waals surface area contributed by atoms with Crippen molar-refractivity contribution in [3.8, 4) is 0 Å². The molecular weight excluding hydrogens is 472 g/mol. The van der Waals surface area contributed by atoms with E-state index in [-0.39, 0.29) is 35.1 Å². The number of rotatable bonds is 3. The van der Waals surface area contributed by atoms with Crippen molar-refractivity contribution >= 4 is 17.7 Å². The molecule has 1 aromatic heterocycles. The largest absolute Gasteiger partial charge is 0.472 e. The van der Waals surface area contributed by atoms with Crippen LogP contribution in [0.3, 0.4) is 0 Å². The number of ketones is 1. The number of hydrogen-bond acceptors (Lipinski definition) is 7. The van der Waals surface area contributed by atoms with Crippen LogP contribution in [-0.4, -0.2) is 41.6 Å². The van der Waals surface area contributed by atoms with Crippen LogP contribution in [-0.2, 0) is 28.6 Å². The Hall–Kier alpha value is -2.41. The second-order valence-electron chi connectivity index (χ2n) is 13.3. The first-order valence-corrected chi connectivity index (χ1v) is 13.5. The Morgan fingerprint density at radius 1 is 1.05 bits per heavy atom. The summed E-state index contributed by atoms with van der Waals surface area (Å²) in [4.78, 5) is 38.5. The lowest BCUT2D eigenvalue weighted by molar-refractivity contribution is -0.273. The van der Waals surface area contributed by atoms with Crippen LogP contribution in [0.25, 0.3) is 0 Å². The Labute approximate surface area is 218 Å². The summed E-state index contributed by atoms with van der Waals surface area (Å²) in [6, 6.07) is 2.05. The average Bonchev–Trinajstić information content (AvgIpc) is 3.16. The van der Waals surface area contributed by atoms with E-state index in [2.05, 4.69) is 20.8 Å². The number of allylic oxidation sites excluding steroid dienone is 2. The Morgan fingerprint density at radius 2 is 1.76 bits per heavy atom. The van der Waals surface area contributed by atoms with Gasteiger partial charge in [0.15, 0.2) is 5.78 Å². The quantitative estimate of drug-likeness (QED) is 0.417. The fraction of sp³-hybridized carbons (Fsp3) is 0.700. The van der Waals surface area contributed by atoms with Crippen molar-refractivity contribution in [1.82, 2.24) is 0 Å². The Balaban J connectivity index is 1.58. The predicted molar refractivity (Wildman–Crippen MR) is 133 cm³/mol. The number of fused-ring (bicyclic) bond motifs is 3. The van der Waals surface area contributed by atoms with Gasteiger partial charge in [0.2, 0.25) is 0 Å². The molecule has 7 nitrogen and oxygen atoms in total. The zero-order chi connectivity index (χ0) is 26.8. The lowest BCUT2D eigenvalue weighted by Gasteiger charge is -2.69. The van der Waals surface area contributed by atoms with E-state index in [1.165, 1.54) is 19.4 Å². The molecule has 0 bridgehead atoms. The molecule has 0 amide bonds. The summed E-state index contributed by atoms with van der Waals surface area (Å²) in [6.45, 7) is 13.3. The lowest BCUT2D eigenvalue weighted by Crippen LogP contribution is -2.75. The standard InChI is InChI=1S/C30H38O7/c1-16(31)35-23-24-26(3,4)21(33)9-11-27(24,5)20-8-12-28(6)19(18-10-13-34-15-18)14-22-30(28,37-22)29(20,7)25(23)36-17(2)32/h9-11,13,15,19-20,22-25H,8,12,14H2,1-7H3/t19-,20-,22+,23+,24+,25+,27-,28-,29+,30+/m0/s1. The molecule has 1 aliphatic heterocycles. The normalized spacial score (nSPS) is 48.8. The molecule has 200 valence electrons. The van der Waals surface area contributed by atoms with E-state index in [1.54, 1.807) is 12.3 Å². The van der Waals surface area contributed by atoms with Crippen LogP contribution in [0.1, 0.15) is 79.2 Å². The van der Waals surface area contributed by atoms with E-state index in [9.17, 15) is 14.4 Å². The molecule has 5 aliphatic rings. The van der Waals surface area contributed by atoms with Crippen molar-refractivity contribution in [2.24, 2.45) is 33.5 Å². The minimum absolute atomic E-state index is 0.00227. The second-order valence-corrected chi connectivity index (χ2v) is 13.3. The first kappa shape index (κ1) is 24.9. The number of esters is 2. The van der Waals surface area contributed by atoms with E-state index >= 15 is 0 Å². The molecule has 3 saturated carbocycles. The summed E-state index contributed by atoms with van der Waals surface area (Å²) >= 11 is 0. The van der Waals surface area contributed by atoms with E-state index in [1.807, 2.05) is 32.3 Å². The number of carbonyl (C=O) groups excluding carboxylic acids is 3. The minimum Gasteiger partial charge on any atom is -0.472 e. The van der Waals surface area contributed by atoms with Crippen LogP contribution < -0.4 is 0 Å². The topological polar surface area (TPSA) is 95.3 Å². The van der Waals surface area contributed by atoms with Crippen molar-refractivity contribution in [2.75, 3.05) is 0 Å². The molecule has 1 spiro atoms. The van der Waals surface area contributed by atoms with Crippen LogP contribution in [0, 0.1) is 33.5 Å². The van der Waals surface area contributed by atoms with Crippen molar-refractivity contribution in [3.05, 3.63) is 36.3 Å². The third-order valence-corrected chi connectivity index (χ3v) is 11.5. The van der Waals surface area contributed by atoms with Gasteiger partial charge in [-0.3, -0.25) is 14.4 Å². The molecule has 37 heavy (non-hydrogen) atoms. The van der Waals surface area contributed by atoms with Gasteiger partial charge in [-0.1, -0.05) is 40.7 Å². The molecule has 10 atom stereocenters. The van der Waals surface area contributed by atoms with E-state index in [0.29, 0.717) is 0 Å². The molecule has 0 aromatic carbocycles. The lowest BCUT2D eigenvalue weighted by atomic mass is 9.36. The molecule has 4 aliphatic carbocycles. The van der Waals surface area contributed by atoms with Gasteiger partial charge < -0.3 is 18.6 Å². The maximum Gasteiger partial charge on any atom is 0.303 e. The molecule has 2 heterocycles. The number of ether oxygens (including phenoxy) is 3. The zero-order valence-corrected chi connectivity index (χ0v) is 22.8. The zero-order valence-electron chi connectivity index (χ0n) is 22.8. The second kappa shape index (κ2) is 7.37. The van der Waals surface area contributed by atoms with Gasteiger partial charge in [-0.25, -0.2) is 0 Å². The van der Waals surface area contributed by atoms with Gasteiger partial charge in [0, 0.05) is 36.0 Å². The molecule has 1 aromatic rings. The first-order chi connectivity index (χ1) is 17.2. The van der Waals surface area contributed by atoms with E-state index < -0.39 is 46.0 Å². The number of carbonyl (C=O) groups is 3. The van der Waals surface area contributed by atoms with Gasteiger partial charge in [-0.2, -0.15) is 0 Å². The van der Waals surface area contributed by atoms with Crippen LogP contribution in [0.15, 0.2) is 35.2 Å². The summed E-state index contributed by atoms with van der Waals surface area (Å²) < 4.78 is 24.6. The summed E-state index contributed by atoms with van der Waals surface area (Å²) in [5.41, 5.74) is -1.54. The number of furan rings is 1. The van der Waals surface area contributed by atoms with Gasteiger partial charge in [-0.15, -0.1) is 0 Å². The first-order valence-electron chi connectivity index (χ1n) is 13.5. The van der Waals surface area contributed by atoms with Gasteiger partial charge in [0.25, 0.3) is 0 Å². The van der Waals surface area contributed by atoms with Crippen molar-refractivity contribution < 1.29 is 33.0 Å². The Bertz CT molecular complexity index is 1200. The summed E-state index contributed by atoms with van der Waals surface area (Å²) in [7, 11) is 0. The van der Waals surface area contributed by atoms with Crippen LogP contribution >= 0.6 is 0 Å². The summed E-state index contributed by atoms with van der Waals surface area (Å²) in [5.74, 6) is -0.933. The van der Waals surface area contributed by atoms with Crippen molar-refractivity contribution in [3.63, 3.8) is 0 Å². The predicted octanol–water partition coefficient (Wildman–Crippen LogP) is 4.99. The van der Waals surface area contributed by atoms with Crippen LogP contribution in [0.5, 0.6) is 0 Å². The fourth-order valence-corrected chi connectivity index (χ4v) is 10.2. The number of hydrogen-bond donors (Lipinski definition) is 0. The van der Waals surface area contributed by atoms with E-state index in [4.69, 9.17) is 18.6 Å². The maximum atomic E-state index is 13.2. The van der Waals surface area contributed by atoms with Gasteiger partial charge in [-0.05, 0) is 54.2 Å².